The minimum absolute atomic E-state index is 0.194. The summed E-state index contributed by atoms with van der Waals surface area (Å²) >= 11 is 0. The lowest BCUT2D eigenvalue weighted by Crippen LogP contribution is -2.35. The number of carbonyl (C=O) groups excluding carboxylic acids is 1. The van der Waals surface area contributed by atoms with Crippen LogP contribution in [0, 0.1) is 0 Å². The van der Waals surface area contributed by atoms with Gasteiger partial charge in [-0.05, 0) is 42.8 Å². The van der Waals surface area contributed by atoms with Gasteiger partial charge in [0, 0.05) is 30.6 Å². The molecular formula is C20H18N2O5. The summed E-state index contributed by atoms with van der Waals surface area (Å²) in [7, 11) is 0. The Bertz CT molecular complexity index is 939. The van der Waals surface area contributed by atoms with E-state index in [0.717, 1.165) is 16.9 Å². The Kier molecular flexibility index (Phi) is 4.65. The van der Waals surface area contributed by atoms with Crippen LogP contribution >= 0.6 is 0 Å². The van der Waals surface area contributed by atoms with Crippen LogP contribution in [0.2, 0.25) is 0 Å². The van der Waals surface area contributed by atoms with Crippen molar-refractivity contribution in [3.8, 4) is 28.6 Å². The fourth-order valence-corrected chi connectivity index (χ4v) is 2.70. The molecule has 0 bridgehead atoms. The second-order valence-electron chi connectivity index (χ2n) is 6.05. The number of carbonyl (C=O) groups is 1. The summed E-state index contributed by atoms with van der Waals surface area (Å²) in [5.74, 6) is 2.33. The van der Waals surface area contributed by atoms with Gasteiger partial charge in [-0.3, -0.25) is 9.78 Å². The minimum Gasteiger partial charge on any atom is -0.481 e. The number of hydrogen-bond donors (Lipinski definition) is 1. The molecule has 0 saturated carbocycles. The van der Waals surface area contributed by atoms with E-state index >= 15 is 0 Å². The normalized spacial score (nSPS) is 13.2. The Morgan fingerprint density at radius 2 is 2.11 bits per heavy atom. The average Bonchev–Trinajstić information content (AvgIpc) is 3.37. The summed E-state index contributed by atoms with van der Waals surface area (Å²) in [6.07, 6.45) is 4.37. The Balaban J connectivity index is 1.34. The number of ether oxygens (including phenoxy) is 3. The molecule has 1 aliphatic rings. The number of nitrogens with zero attached hydrogens (tertiary/aromatic N) is 1. The van der Waals surface area contributed by atoms with Crippen LogP contribution < -0.4 is 19.5 Å². The number of amides is 1. The molecule has 0 aliphatic carbocycles. The van der Waals surface area contributed by atoms with Gasteiger partial charge in [0.25, 0.3) is 5.91 Å². The molecule has 0 fully saturated rings. The van der Waals surface area contributed by atoms with Crippen molar-refractivity contribution in [1.82, 2.24) is 10.3 Å². The standard InChI is InChI=1S/C20H18N2O5/c1-13(27-16-4-5-18-19(8-16)26-12-25-18)20(23)22-10-14-7-15(11-21-9-14)17-3-2-6-24-17/h2-9,11,13H,10,12H2,1H3,(H,22,23)/t13-/m1/s1. The van der Waals surface area contributed by atoms with E-state index < -0.39 is 6.10 Å². The lowest BCUT2D eigenvalue weighted by atomic mass is 10.1. The van der Waals surface area contributed by atoms with Crippen LogP contribution in [0.3, 0.4) is 0 Å². The van der Waals surface area contributed by atoms with Crippen molar-refractivity contribution in [2.75, 3.05) is 6.79 Å². The van der Waals surface area contributed by atoms with Crippen molar-refractivity contribution in [1.29, 1.82) is 0 Å². The molecule has 2 aromatic heterocycles. The number of rotatable bonds is 6. The Morgan fingerprint density at radius 1 is 1.22 bits per heavy atom. The number of fused-ring (bicyclic) bond motifs is 1. The van der Waals surface area contributed by atoms with Crippen LogP contribution in [-0.4, -0.2) is 23.8 Å². The van der Waals surface area contributed by atoms with E-state index in [9.17, 15) is 4.79 Å². The van der Waals surface area contributed by atoms with Gasteiger partial charge < -0.3 is 23.9 Å². The first kappa shape index (κ1) is 17.0. The van der Waals surface area contributed by atoms with E-state index in [4.69, 9.17) is 18.6 Å². The van der Waals surface area contributed by atoms with Crippen LogP contribution in [-0.2, 0) is 11.3 Å². The van der Waals surface area contributed by atoms with Crippen LogP contribution in [0.1, 0.15) is 12.5 Å². The van der Waals surface area contributed by atoms with Crippen LogP contribution in [0.5, 0.6) is 17.2 Å². The van der Waals surface area contributed by atoms with Gasteiger partial charge in [0.2, 0.25) is 6.79 Å². The topological polar surface area (TPSA) is 82.8 Å². The first-order valence-electron chi connectivity index (χ1n) is 8.51. The van der Waals surface area contributed by atoms with Gasteiger partial charge in [-0.25, -0.2) is 0 Å². The fraction of sp³-hybridized carbons (Fsp3) is 0.200. The van der Waals surface area contributed by atoms with Crippen molar-refractivity contribution in [2.45, 2.75) is 19.6 Å². The molecule has 1 atom stereocenters. The van der Waals surface area contributed by atoms with Crippen LogP contribution in [0.15, 0.2) is 59.5 Å². The molecule has 0 spiro atoms. The molecule has 0 unspecified atom stereocenters. The van der Waals surface area contributed by atoms with Crippen LogP contribution in [0.25, 0.3) is 11.3 Å². The summed E-state index contributed by atoms with van der Waals surface area (Å²) in [6, 6.07) is 10.8. The zero-order valence-electron chi connectivity index (χ0n) is 14.7. The third kappa shape index (κ3) is 3.87. The maximum absolute atomic E-state index is 12.3. The second-order valence-corrected chi connectivity index (χ2v) is 6.05. The number of benzene rings is 1. The lowest BCUT2D eigenvalue weighted by molar-refractivity contribution is -0.127. The third-order valence-electron chi connectivity index (χ3n) is 4.09. The summed E-state index contributed by atoms with van der Waals surface area (Å²) in [5.41, 5.74) is 1.73. The Hall–Kier alpha value is -3.48. The quantitative estimate of drug-likeness (QED) is 0.722. The van der Waals surface area contributed by atoms with Gasteiger partial charge in [-0.1, -0.05) is 0 Å². The van der Waals surface area contributed by atoms with E-state index in [0.29, 0.717) is 23.8 Å². The molecule has 0 radical (unpaired) electrons. The van der Waals surface area contributed by atoms with E-state index in [-0.39, 0.29) is 12.7 Å². The van der Waals surface area contributed by atoms with Gasteiger partial charge >= 0.3 is 0 Å². The number of nitrogens with one attached hydrogen (secondary N) is 1. The number of furan rings is 1. The zero-order chi connectivity index (χ0) is 18.6. The maximum atomic E-state index is 12.3. The third-order valence-corrected chi connectivity index (χ3v) is 4.09. The smallest absolute Gasteiger partial charge is 0.261 e. The van der Waals surface area contributed by atoms with Crippen molar-refractivity contribution < 1.29 is 23.4 Å². The highest BCUT2D eigenvalue weighted by Crippen LogP contribution is 2.35. The van der Waals surface area contributed by atoms with Crippen molar-refractivity contribution in [2.24, 2.45) is 0 Å². The monoisotopic (exact) mass is 366 g/mol. The second kappa shape index (κ2) is 7.41. The number of pyridine rings is 1. The molecule has 7 heteroatoms. The number of hydrogen-bond acceptors (Lipinski definition) is 6. The van der Waals surface area contributed by atoms with Crippen LogP contribution in [0.4, 0.5) is 0 Å². The SMILES string of the molecule is C[C@@H](Oc1ccc2c(c1)OCO2)C(=O)NCc1cncc(-c2ccco2)c1. The first-order chi connectivity index (χ1) is 13.2. The molecule has 27 heavy (non-hydrogen) atoms. The van der Waals surface area contributed by atoms with E-state index in [1.165, 1.54) is 0 Å². The number of aromatic nitrogens is 1. The average molecular weight is 366 g/mol. The highest BCUT2D eigenvalue weighted by Gasteiger charge is 2.18. The molecule has 1 amide bonds. The fourth-order valence-electron chi connectivity index (χ4n) is 2.70. The van der Waals surface area contributed by atoms with Crippen molar-refractivity contribution >= 4 is 5.91 Å². The summed E-state index contributed by atoms with van der Waals surface area (Å²) < 4.78 is 21.6. The molecule has 1 aliphatic heterocycles. The molecule has 1 aromatic carbocycles. The molecule has 3 aromatic rings. The van der Waals surface area contributed by atoms with E-state index in [2.05, 4.69) is 10.3 Å². The van der Waals surface area contributed by atoms with Gasteiger partial charge in [-0.15, -0.1) is 0 Å². The van der Waals surface area contributed by atoms with Gasteiger partial charge in [-0.2, -0.15) is 0 Å². The largest absolute Gasteiger partial charge is 0.481 e. The summed E-state index contributed by atoms with van der Waals surface area (Å²) in [4.78, 5) is 16.5. The summed E-state index contributed by atoms with van der Waals surface area (Å²) in [5, 5.41) is 2.85. The van der Waals surface area contributed by atoms with Crippen molar-refractivity contribution in [3.63, 3.8) is 0 Å². The molecular weight excluding hydrogens is 348 g/mol. The molecule has 138 valence electrons. The maximum Gasteiger partial charge on any atom is 0.261 e. The highest BCUT2D eigenvalue weighted by atomic mass is 16.7. The van der Waals surface area contributed by atoms with Crippen molar-refractivity contribution in [3.05, 3.63) is 60.6 Å². The molecule has 3 heterocycles. The molecule has 4 rings (SSSR count). The van der Waals surface area contributed by atoms with E-state index in [1.54, 1.807) is 43.8 Å². The molecule has 7 nitrogen and oxygen atoms in total. The Morgan fingerprint density at radius 3 is 2.96 bits per heavy atom. The predicted octanol–water partition coefficient (Wildman–Crippen LogP) is 3.15. The molecule has 1 N–H and O–H groups in total. The zero-order valence-corrected chi connectivity index (χ0v) is 14.7. The first-order valence-corrected chi connectivity index (χ1v) is 8.51. The Labute approximate surface area is 155 Å². The minimum atomic E-state index is -0.661. The van der Waals surface area contributed by atoms with Gasteiger partial charge in [0.05, 0.1) is 6.26 Å². The highest BCUT2D eigenvalue weighted by molar-refractivity contribution is 5.80. The van der Waals surface area contributed by atoms with Gasteiger partial charge in [0.1, 0.15) is 11.5 Å². The summed E-state index contributed by atoms with van der Waals surface area (Å²) in [6.45, 7) is 2.23. The lowest BCUT2D eigenvalue weighted by Gasteiger charge is -2.15. The van der Waals surface area contributed by atoms with Gasteiger partial charge in [0.15, 0.2) is 17.6 Å². The predicted molar refractivity (Wildman–Crippen MR) is 96.4 cm³/mol. The van der Waals surface area contributed by atoms with E-state index in [1.807, 2.05) is 18.2 Å². The molecule has 0 saturated heterocycles.